The zero-order valence-electron chi connectivity index (χ0n) is 5.70. The molecule has 0 aromatic carbocycles. The normalized spacial score (nSPS) is 9.20. The molecule has 0 bridgehead atoms. The summed E-state index contributed by atoms with van der Waals surface area (Å²) in [5.41, 5.74) is 0. The molecule has 1 aromatic rings. The van der Waals surface area contributed by atoms with Crippen LogP contribution in [0.5, 0.6) is 0 Å². The number of halogens is 1. The van der Waals surface area contributed by atoms with Crippen LogP contribution in [0.2, 0.25) is 0 Å². The van der Waals surface area contributed by atoms with Crippen LogP contribution in [0.4, 0.5) is 0 Å². The SMILES string of the molecule is C=CC[I][n+]1ccccc1. The van der Waals surface area contributed by atoms with Crippen LogP contribution in [0, 0.1) is 0 Å². The van der Waals surface area contributed by atoms with Crippen molar-refractivity contribution in [2.24, 2.45) is 0 Å². The molecule has 0 spiro atoms. The maximum absolute atomic E-state index is 3.69. The maximum Gasteiger partial charge on any atom is 0.214 e. The van der Waals surface area contributed by atoms with Gasteiger partial charge in [-0.1, -0.05) is 12.1 Å². The molecular weight excluding hydrogens is 237 g/mol. The summed E-state index contributed by atoms with van der Waals surface area (Å²) in [6.45, 7) is 3.69. The lowest BCUT2D eigenvalue weighted by Gasteiger charge is -1.86. The molecule has 0 unspecified atom stereocenters. The Morgan fingerprint density at radius 3 is 2.60 bits per heavy atom. The Bertz CT molecular complexity index is 196. The fraction of sp³-hybridized carbons (Fsp3) is 0.125. The van der Waals surface area contributed by atoms with Gasteiger partial charge in [-0.05, 0) is 0 Å². The molecule has 10 heavy (non-hydrogen) atoms. The standard InChI is InChI=1S/C8H10IN/c1-2-6-9-10-7-4-3-5-8-10/h2-5,7-8H,1,6H2/q+1. The van der Waals surface area contributed by atoms with Crippen LogP contribution in [0.1, 0.15) is 0 Å². The van der Waals surface area contributed by atoms with Gasteiger partial charge in [-0.15, -0.1) is 6.58 Å². The van der Waals surface area contributed by atoms with E-state index in [4.69, 9.17) is 0 Å². The molecule has 0 fully saturated rings. The molecule has 53 valence electrons. The highest BCUT2D eigenvalue weighted by Crippen LogP contribution is 2.01. The smallest absolute Gasteiger partial charge is 0.156 e. The molecule has 0 aliphatic carbocycles. The molecule has 1 nitrogen and oxygen atoms in total. The highest BCUT2D eigenvalue weighted by atomic mass is 127. The second-order valence-corrected chi connectivity index (χ2v) is 4.46. The summed E-state index contributed by atoms with van der Waals surface area (Å²) in [5.74, 6) is 0. The van der Waals surface area contributed by atoms with E-state index in [0.717, 1.165) is 4.43 Å². The van der Waals surface area contributed by atoms with Crippen LogP contribution >= 0.6 is 21.5 Å². The largest absolute Gasteiger partial charge is 0.214 e. The summed E-state index contributed by atoms with van der Waals surface area (Å²) in [7, 11) is 0. The van der Waals surface area contributed by atoms with Gasteiger partial charge >= 0.3 is 0 Å². The average molecular weight is 247 g/mol. The Balaban J connectivity index is 2.50. The highest BCUT2D eigenvalue weighted by molar-refractivity contribution is 14.2. The van der Waals surface area contributed by atoms with Gasteiger partial charge in [-0.2, -0.15) is 2.78 Å². The predicted octanol–water partition coefficient (Wildman–Crippen LogP) is 1.89. The quantitative estimate of drug-likeness (QED) is 0.436. The van der Waals surface area contributed by atoms with E-state index >= 15 is 0 Å². The van der Waals surface area contributed by atoms with Gasteiger partial charge in [0.15, 0.2) is 12.4 Å². The third kappa shape index (κ3) is 2.47. The average Bonchev–Trinajstić information content (AvgIpc) is 2.03. The van der Waals surface area contributed by atoms with E-state index in [-0.39, 0.29) is 21.5 Å². The first-order valence-electron chi connectivity index (χ1n) is 3.10. The number of alkyl halides is 1. The monoisotopic (exact) mass is 247 g/mol. The molecule has 0 aliphatic heterocycles. The molecule has 1 aromatic heterocycles. The second-order valence-electron chi connectivity index (χ2n) is 1.78. The molecule has 0 N–H and O–H groups in total. The zero-order chi connectivity index (χ0) is 7.23. The Hall–Kier alpha value is -0.380. The van der Waals surface area contributed by atoms with Crippen LogP contribution in [-0.2, 0) is 0 Å². The third-order valence-electron chi connectivity index (χ3n) is 0.995. The van der Waals surface area contributed by atoms with Crippen molar-refractivity contribution in [2.75, 3.05) is 4.43 Å². The van der Waals surface area contributed by atoms with Gasteiger partial charge in [0.2, 0.25) is 21.5 Å². The summed E-state index contributed by atoms with van der Waals surface area (Å²) in [6, 6.07) is 6.15. The van der Waals surface area contributed by atoms with Crippen molar-refractivity contribution in [2.45, 2.75) is 0 Å². The lowest BCUT2D eigenvalue weighted by atomic mass is 10.5. The van der Waals surface area contributed by atoms with E-state index in [1.54, 1.807) is 0 Å². The van der Waals surface area contributed by atoms with Gasteiger partial charge in [-0.25, -0.2) is 0 Å². The van der Waals surface area contributed by atoms with Crippen LogP contribution < -0.4 is 2.78 Å². The minimum Gasteiger partial charge on any atom is -0.156 e. The van der Waals surface area contributed by atoms with Gasteiger partial charge in [0, 0.05) is 12.1 Å². The lowest BCUT2D eigenvalue weighted by molar-refractivity contribution is -0.441. The number of pyridine rings is 1. The van der Waals surface area contributed by atoms with Gasteiger partial charge in [0.1, 0.15) is 0 Å². The van der Waals surface area contributed by atoms with Crippen molar-refractivity contribution in [1.82, 2.24) is 0 Å². The molecule has 0 saturated carbocycles. The molecule has 0 aliphatic rings. The van der Waals surface area contributed by atoms with Gasteiger partial charge in [-0.3, -0.25) is 0 Å². The molecule has 2 heteroatoms. The van der Waals surface area contributed by atoms with Crippen LogP contribution in [-0.4, -0.2) is 4.43 Å². The highest BCUT2D eigenvalue weighted by Gasteiger charge is 1.95. The number of allylic oxidation sites excluding steroid dienone is 1. The first-order chi connectivity index (χ1) is 4.93. The third-order valence-corrected chi connectivity index (χ3v) is 3.44. The number of rotatable bonds is 3. The van der Waals surface area contributed by atoms with E-state index in [1.807, 2.05) is 12.1 Å². The van der Waals surface area contributed by atoms with Crippen molar-refractivity contribution in [3.63, 3.8) is 0 Å². The van der Waals surface area contributed by atoms with E-state index in [2.05, 4.69) is 33.9 Å². The summed E-state index contributed by atoms with van der Waals surface area (Å²) in [6.07, 6.45) is 6.20. The Labute approximate surface area is 72.0 Å². The summed E-state index contributed by atoms with van der Waals surface area (Å²) >= 11 is 0.125. The number of aromatic nitrogens is 1. The fourth-order valence-corrected chi connectivity index (χ4v) is 2.15. The van der Waals surface area contributed by atoms with Gasteiger partial charge < -0.3 is 0 Å². The van der Waals surface area contributed by atoms with Crippen molar-refractivity contribution in [1.29, 1.82) is 0 Å². The van der Waals surface area contributed by atoms with E-state index in [9.17, 15) is 0 Å². The van der Waals surface area contributed by atoms with Gasteiger partial charge in [0.25, 0.3) is 0 Å². The van der Waals surface area contributed by atoms with Crippen molar-refractivity contribution in [3.05, 3.63) is 43.2 Å². The molecule has 1 heterocycles. The van der Waals surface area contributed by atoms with Crippen molar-refractivity contribution < 1.29 is 2.78 Å². The topological polar surface area (TPSA) is 3.88 Å². The first kappa shape index (κ1) is 7.72. The Morgan fingerprint density at radius 1 is 1.30 bits per heavy atom. The van der Waals surface area contributed by atoms with E-state index in [1.165, 1.54) is 0 Å². The van der Waals surface area contributed by atoms with Crippen LogP contribution in [0.3, 0.4) is 0 Å². The minimum atomic E-state index is 0.125. The molecular formula is C8H10IN+. The van der Waals surface area contributed by atoms with Gasteiger partial charge in [0.05, 0.1) is 4.43 Å². The zero-order valence-corrected chi connectivity index (χ0v) is 7.86. The number of hydrogen-bond acceptors (Lipinski definition) is 0. The minimum absolute atomic E-state index is 0.125. The van der Waals surface area contributed by atoms with E-state index in [0.29, 0.717) is 0 Å². The number of nitrogens with zero attached hydrogens (tertiary/aromatic N) is 1. The predicted molar refractivity (Wildman–Crippen MR) is 51.1 cm³/mol. The molecule has 0 saturated heterocycles. The number of hydrogen-bond donors (Lipinski definition) is 0. The van der Waals surface area contributed by atoms with Crippen molar-refractivity contribution >= 4 is 21.5 Å². The van der Waals surface area contributed by atoms with E-state index < -0.39 is 0 Å². The molecule has 0 atom stereocenters. The molecule has 1 rings (SSSR count). The summed E-state index contributed by atoms with van der Waals surface area (Å²) < 4.78 is 3.40. The summed E-state index contributed by atoms with van der Waals surface area (Å²) in [5, 5.41) is 0. The Kier molecular flexibility index (Phi) is 3.43. The molecule has 1 radical (unpaired) electrons. The van der Waals surface area contributed by atoms with Crippen LogP contribution in [0.25, 0.3) is 0 Å². The molecule has 0 amide bonds. The Morgan fingerprint density at radius 2 is 2.00 bits per heavy atom. The fourth-order valence-electron chi connectivity index (χ4n) is 0.586. The maximum atomic E-state index is 3.69. The first-order valence-corrected chi connectivity index (χ1v) is 5.59. The van der Waals surface area contributed by atoms with Crippen molar-refractivity contribution in [3.8, 4) is 0 Å². The van der Waals surface area contributed by atoms with Crippen LogP contribution in [0.15, 0.2) is 43.2 Å². The second kappa shape index (κ2) is 4.44. The summed E-state index contributed by atoms with van der Waals surface area (Å²) in [4.78, 5) is 0. The lowest BCUT2D eigenvalue weighted by Crippen LogP contribution is -2.20.